The third-order valence-corrected chi connectivity index (χ3v) is 5.95. The van der Waals surface area contributed by atoms with Gasteiger partial charge >= 0.3 is 5.97 Å². The van der Waals surface area contributed by atoms with Crippen LogP contribution in [0.5, 0.6) is 0 Å². The summed E-state index contributed by atoms with van der Waals surface area (Å²) in [7, 11) is 0. The quantitative estimate of drug-likeness (QED) is 0.329. The number of unbranched alkanes of at least 4 members (excludes halogenated alkanes) is 2. The first-order valence-electron chi connectivity index (χ1n) is 9.54. The van der Waals surface area contributed by atoms with E-state index in [-0.39, 0.29) is 12.0 Å². The summed E-state index contributed by atoms with van der Waals surface area (Å²) in [6, 6.07) is 7.54. The molecule has 2 heterocycles. The van der Waals surface area contributed by atoms with Crippen molar-refractivity contribution in [2.45, 2.75) is 51.2 Å². The molecule has 1 aliphatic rings. The molecule has 8 heteroatoms. The number of nitrogens with zero attached hydrogens (tertiary/aromatic N) is 3. The number of benzene rings is 1. The number of aromatic nitrogens is 3. The van der Waals surface area contributed by atoms with Crippen LogP contribution in [0.4, 0.5) is 5.95 Å². The second-order valence-corrected chi connectivity index (χ2v) is 8.53. The van der Waals surface area contributed by atoms with E-state index < -0.39 is 0 Å². The van der Waals surface area contributed by atoms with Crippen molar-refractivity contribution < 1.29 is 9.53 Å². The normalized spacial score (nSPS) is 15.9. The number of allylic oxidation sites excluding steroid dienone is 1. The summed E-state index contributed by atoms with van der Waals surface area (Å²) < 4.78 is 8.11. The number of rotatable bonds is 8. The standard InChI is InChI=1S/C20H25BrN4O2S/c1-4-6-7-12-28-20-23-19-22-13(3)16(18(26)27-5-2)17(25(19)24-20)14-8-10-15(21)11-9-14/h8-11,17H,4-7,12H2,1-3H3,(H,22,23,24)/t17-/m1/s1. The van der Waals surface area contributed by atoms with Gasteiger partial charge in [0.05, 0.1) is 12.2 Å². The van der Waals surface area contributed by atoms with Crippen LogP contribution in [0.15, 0.2) is 45.2 Å². The lowest BCUT2D eigenvalue weighted by Gasteiger charge is -2.28. The predicted octanol–water partition coefficient (Wildman–Crippen LogP) is 5.17. The van der Waals surface area contributed by atoms with Crippen molar-refractivity contribution in [3.05, 3.63) is 45.6 Å². The van der Waals surface area contributed by atoms with Crippen LogP contribution in [0.2, 0.25) is 0 Å². The van der Waals surface area contributed by atoms with Crippen LogP contribution in [-0.4, -0.2) is 33.1 Å². The molecule has 1 N–H and O–H groups in total. The molecule has 0 saturated carbocycles. The van der Waals surface area contributed by atoms with Gasteiger partial charge in [-0.1, -0.05) is 59.6 Å². The number of halogens is 1. The van der Waals surface area contributed by atoms with Gasteiger partial charge in [-0.05, 0) is 38.0 Å². The van der Waals surface area contributed by atoms with Crippen molar-refractivity contribution >= 4 is 39.6 Å². The van der Waals surface area contributed by atoms with Gasteiger partial charge in [0.15, 0.2) is 0 Å². The number of esters is 1. The number of carbonyl (C=O) groups excluding carboxylic acids is 1. The summed E-state index contributed by atoms with van der Waals surface area (Å²) >= 11 is 5.12. The molecule has 0 fully saturated rings. The van der Waals surface area contributed by atoms with Crippen molar-refractivity contribution in [1.82, 2.24) is 14.8 Å². The van der Waals surface area contributed by atoms with E-state index in [0.29, 0.717) is 18.1 Å². The lowest BCUT2D eigenvalue weighted by Crippen LogP contribution is -2.29. The molecule has 2 aromatic rings. The molecular weight excluding hydrogens is 440 g/mol. The summed E-state index contributed by atoms with van der Waals surface area (Å²) in [6.07, 6.45) is 3.53. The molecule has 1 aromatic heterocycles. The van der Waals surface area contributed by atoms with Crippen LogP contribution < -0.4 is 5.32 Å². The molecule has 150 valence electrons. The molecule has 0 aliphatic carbocycles. The monoisotopic (exact) mass is 464 g/mol. The van der Waals surface area contributed by atoms with Crippen LogP contribution in [0.25, 0.3) is 0 Å². The third kappa shape index (κ3) is 4.60. The first-order chi connectivity index (χ1) is 13.5. The third-order valence-electron chi connectivity index (χ3n) is 4.49. The molecular formula is C20H25BrN4O2S. The van der Waals surface area contributed by atoms with E-state index in [4.69, 9.17) is 9.84 Å². The lowest BCUT2D eigenvalue weighted by atomic mass is 9.96. The fourth-order valence-electron chi connectivity index (χ4n) is 3.13. The van der Waals surface area contributed by atoms with Crippen LogP contribution in [0.1, 0.15) is 51.6 Å². The van der Waals surface area contributed by atoms with E-state index in [2.05, 4.69) is 33.2 Å². The van der Waals surface area contributed by atoms with Gasteiger partial charge in [-0.3, -0.25) is 0 Å². The molecule has 0 unspecified atom stereocenters. The highest BCUT2D eigenvalue weighted by Gasteiger charge is 2.35. The Morgan fingerprint density at radius 2 is 2.04 bits per heavy atom. The highest BCUT2D eigenvalue weighted by Crippen LogP contribution is 2.37. The molecule has 1 aliphatic heterocycles. The van der Waals surface area contributed by atoms with Crippen LogP contribution in [0, 0.1) is 0 Å². The minimum Gasteiger partial charge on any atom is -0.463 e. The molecule has 0 saturated heterocycles. The van der Waals surface area contributed by atoms with Crippen molar-refractivity contribution in [3.8, 4) is 0 Å². The van der Waals surface area contributed by atoms with Crippen LogP contribution in [0.3, 0.4) is 0 Å². The maximum absolute atomic E-state index is 12.7. The molecule has 0 bridgehead atoms. The maximum atomic E-state index is 12.7. The van der Waals surface area contributed by atoms with Gasteiger partial charge in [-0.15, -0.1) is 5.10 Å². The van der Waals surface area contributed by atoms with Gasteiger partial charge in [0, 0.05) is 15.9 Å². The van der Waals surface area contributed by atoms with E-state index in [1.165, 1.54) is 12.8 Å². The average molecular weight is 465 g/mol. The Kier molecular flexibility index (Phi) is 7.18. The fourth-order valence-corrected chi connectivity index (χ4v) is 4.23. The van der Waals surface area contributed by atoms with Gasteiger partial charge in [-0.25, -0.2) is 9.48 Å². The maximum Gasteiger partial charge on any atom is 0.338 e. The second kappa shape index (κ2) is 9.60. The van der Waals surface area contributed by atoms with Crippen molar-refractivity contribution in [2.24, 2.45) is 0 Å². The van der Waals surface area contributed by atoms with E-state index >= 15 is 0 Å². The zero-order chi connectivity index (χ0) is 20.1. The van der Waals surface area contributed by atoms with Gasteiger partial charge < -0.3 is 10.1 Å². The number of thioether (sulfide) groups is 1. The number of carbonyl (C=O) groups is 1. The number of fused-ring (bicyclic) bond motifs is 1. The number of ether oxygens (including phenoxy) is 1. The molecule has 28 heavy (non-hydrogen) atoms. The zero-order valence-corrected chi connectivity index (χ0v) is 18.8. The summed E-state index contributed by atoms with van der Waals surface area (Å²) in [5.74, 6) is 1.30. The van der Waals surface area contributed by atoms with Crippen molar-refractivity contribution in [2.75, 3.05) is 17.7 Å². The molecule has 3 rings (SSSR count). The molecule has 1 atom stereocenters. The lowest BCUT2D eigenvalue weighted by molar-refractivity contribution is -0.139. The van der Waals surface area contributed by atoms with E-state index in [9.17, 15) is 4.79 Å². The first kappa shape index (κ1) is 20.9. The van der Waals surface area contributed by atoms with Gasteiger partial charge in [0.1, 0.15) is 6.04 Å². The second-order valence-electron chi connectivity index (χ2n) is 6.56. The summed E-state index contributed by atoms with van der Waals surface area (Å²) in [4.78, 5) is 17.4. The highest BCUT2D eigenvalue weighted by molar-refractivity contribution is 9.10. The minimum atomic E-state index is -0.374. The molecule has 0 amide bonds. The molecule has 0 radical (unpaired) electrons. The Morgan fingerprint density at radius 3 is 2.71 bits per heavy atom. The largest absolute Gasteiger partial charge is 0.463 e. The topological polar surface area (TPSA) is 69.0 Å². The zero-order valence-electron chi connectivity index (χ0n) is 16.4. The smallest absolute Gasteiger partial charge is 0.338 e. The number of hydrogen-bond acceptors (Lipinski definition) is 6. The predicted molar refractivity (Wildman–Crippen MR) is 116 cm³/mol. The van der Waals surface area contributed by atoms with Gasteiger partial charge in [-0.2, -0.15) is 4.98 Å². The average Bonchev–Trinajstić information content (AvgIpc) is 3.07. The number of nitrogens with one attached hydrogen (secondary N) is 1. The Morgan fingerprint density at radius 1 is 1.29 bits per heavy atom. The van der Waals surface area contributed by atoms with E-state index in [0.717, 1.165) is 33.1 Å². The Hall–Kier alpha value is -1.80. The summed E-state index contributed by atoms with van der Waals surface area (Å²) in [5, 5.41) is 8.66. The van der Waals surface area contributed by atoms with Crippen LogP contribution >= 0.6 is 27.7 Å². The van der Waals surface area contributed by atoms with E-state index in [1.54, 1.807) is 16.4 Å². The SMILES string of the molecule is CCCCCSc1nc2n(n1)[C@H](c1ccc(Br)cc1)C(C(=O)OCC)=C(C)N2. The molecule has 1 aromatic carbocycles. The Balaban J connectivity index is 1.97. The fraction of sp³-hybridized carbons (Fsp3) is 0.450. The Bertz CT molecular complexity index is 864. The molecule has 0 spiro atoms. The van der Waals surface area contributed by atoms with E-state index in [1.807, 2.05) is 38.1 Å². The number of anilines is 1. The van der Waals surface area contributed by atoms with Crippen molar-refractivity contribution in [3.63, 3.8) is 0 Å². The Labute approximate surface area is 178 Å². The minimum absolute atomic E-state index is 0.325. The van der Waals surface area contributed by atoms with Gasteiger partial charge in [0.2, 0.25) is 11.1 Å². The van der Waals surface area contributed by atoms with Gasteiger partial charge in [0.25, 0.3) is 0 Å². The highest BCUT2D eigenvalue weighted by atomic mass is 79.9. The van der Waals surface area contributed by atoms with Crippen molar-refractivity contribution in [1.29, 1.82) is 0 Å². The first-order valence-corrected chi connectivity index (χ1v) is 11.3. The van der Waals surface area contributed by atoms with Crippen LogP contribution in [-0.2, 0) is 9.53 Å². The number of hydrogen-bond donors (Lipinski definition) is 1. The summed E-state index contributed by atoms with van der Waals surface area (Å²) in [5.41, 5.74) is 2.26. The summed E-state index contributed by atoms with van der Waals surface area (Å²) in [6.45, 7) is 6.21. The molecule has 6 nitrogen and oxygen atoms in total.